The summed E-state index contributed by atoms with van der Waals surface area (Å²) in [5.41, 5.74) is 4.82. The molecule has 2 aliphatic carbocycles. The molecule has 2 aliphatic rings. The van der Waals surface area contributed by atoms with E-state index in [1.54, 1.807) is 0 Å². The minimum absolute atomic E-state index is 0.0227. The van der Waals surface area contributed by atoms with E-state index in [0.717, 1.165) is 68.1 Å². The Hall–Kier alpha value is -1.93. The first-order chi connectivity index (χ1) is 18.6. The molecule has 0 saturated heterocycles. The minimum atomic E-state index is 0.0227. The summed E-state index contributed by atoms with van der Waals surface area (Å²) in [6.07, 6.45) is 20.4. The smallest absolute Gasteiger partial charge is 0.126 e. The van der Waals surface area contributed by atoms with Crippen molar-refractivity contribution in [1.82, 2.24) is 0 Å². The first-order valence-electron chi connectivity index (χ1n) is 15.7. The van der Waals surface area contributed by atoms with Crippen LogP contribution < -0.4 is 0 Å². The Labute approximate surface area is 232 Å². The lowest BCUT2D eigenvalue weighted by atomic mass is 9.77. The zero-order valence-corrected chi connectivity index (χ0v) is 23.9. The van der Waals surface area contributed by atoms with Crippen molar-refractivity contribution in [3.63, 3.8) is 0 Å². The van der Waals surface area contributed by atoms with Crippen molar-refractivity contribution in [2.24, 2.45) is 23.7 Å². The Morgan fingerprint density at radius 1 is 0.737 bits per heavy atom. The van der Waals surface area contributed by atoms with Gasteiger partial charge >= 0.3 is 0 Å². The molecule has 0 aliphatic heterocycles. The highest BCUT2D eigenvalue weighted by Crippen LogP contribution is 2.35. The number of halogens is 1. The van der Waals surface area contributed by atoms with E-state index >= 15 is 0 Å². The third-order valence-electron chi connectivity index (χ3n) is 9.45. The van der Waals surface area contributed by atoms with Crippen molar-refractivity contribution < 1.29 is 9.13 Å². The van der Waals surface area contributed by atoms with Crippen LogP contribution in [0.1, 0.15) is 106 Å². The van der Waals surface area contributed by atoms with Gasteiger partial charge in [0, 0.05) is 6.61 Å². The molecule has 38 heavy (non-hydrogen) atoms. The number of rotatable bonds is 14. The second kappa shape index (κ2) is 15.6. The summed E-state index contributed by atoms with van der Waals surface area (Å²) in [5, 5.41) is 0. The fourth-order valence-electron chi connectivity index (χ4n) is 6.71. The Kier molecular flexibility index (Phi) is 11.9. The summed E-state index contributed by atoms with van der Waals surface area (Å²) in [7, 11) is 0. The molecule has 2 heteroatoms. The number of aryl methyl sites for hydroxylation is 3. The van der Waals surface area contributed by atoms with Crippen molar-refractivity contribution in [1.29, 1.82) is 0 Å². The molecule has 2 aromatic carbocycles. The first-order valence-corrected chi connectivity index (χ1v) is 15.7. The summed E-state index contributed by atoms with van der Waals surface area (Å²) >= 11 is 0. The SMILES string of the molecule is C=CC1CCC(CCc2ccc(CCC3CCC(CCc4ccc(COCCC)cc4)CC3)c(F)c2)CC1. The molecule has 0 N–H and O–H groups in total. The van der Waals surface area contributed by atoms with Crippen LogP contribution in [0.3, 0.4) is 0 Å². The minimum Gasteiger partial charge on any atom is -0.377 e. The van der Waals surface area contributed by atoms with Gasteiger partial charge in [0.1, 0.15) is 5.82 Å². The van der Waals surface area contributed by atoms with Crippen molar-refractivity contribution >= 4 is 0 Å². The predicted molar refractivity (Wildman–Crippen MR) is 159 cm³/mol. The molecule has 0 unspecified atom stereocenters. The van der Waals surface area contributed by atoms with Crippen LogP contribution in [0.15, 0.2) is 55.1 Å². The molecular weight excluding hydrogens is 467 g/mol. The highest BCUT2D eigenvalue weighted by molar-refractivity contribution is 5.25. The van der Waals surface area contributed by atoms with Crippen LogP contribution in [0.5, 0.6) is 0 Å². The van der Waals surface area contributed by atoms with Gasteiger partial charge in [-0.3, -0.25) is 0 Å². The summed E-state index contributed by atoms with van der Waals surface area (Å²) < 4.78 is 20.5. The number of hydrogen-bond donors (Lipinski definition) is 0. The van der Waals surface area contributed by atoms with Gasteiger partial charge in [-0.05, 0) is 123 Å². The molecule has 2 fully saturated rings. The second-order valence-corrected chi connectivity index (χ2v) is 12.3. The number of benzene rings is 2. The van der Waals surface area contributed by atoms with E-state index < -0.39 is 0 Å². The van der Waals surface area contributed by atoms with Crippen molar-refractivity contribution in [2.45, 2.75) is 110 Å². The van der Waals surface area contributed by atoms with Gasteiger partial charge in [-0.1, -0.05) is 75.1 Å². The Bertz CT molecular complexity index is 948. The molecule has 0 radical (unpaired) electrons. The van der Waals surface area contributed by atoms with Crippen LogP contribution in [0, 0.1) is 29.5 Å². The fourth-order valence-corrected chi connectivity index (χ4v) is 6.71. The Morgan fingerprint density at radius 2 is 1.26 bits per heavy atom. The van der Waals surface area contributed by atoms with Gasteiger partial charge < -0.3 is 4.74 Å². The van der Waals surface area contributed by atoms with Crippen LogP contribution >= 0.6 is 0 Å². The normalized spacial score (nSPS) is 23.8. The number of hydrogen-bond acceptors (Lipinski definition) is 1. The summed E-state index contributed by atoms with van der Waals surface area (Å²) in [4.78, 5) is 0. The number of allylic oxidation sites excluding steroid dienone is 1. The van der Waals surface area contributed by atoms with E-state index in [2.05, 4.69) is 56.0 Å². The highest BCUT2D eigenvalue weighted by Gasteiger charge is 2.22. The van der Waals surface area contributed by atoms with Crippen molar-refractivity contribution in [2.75, 3.05) is 6.61 Å². The molecule has 0 aromatic heterocycles. The Morgan fingerprint density at radius 3 is 1.84 bits per heavy atom. The van der Waals surface area contributed by atoms with Crippen LogP contribution in [-0.2, 0) is 30.6 Å². The van der Waals surface area contributed by atoms with E-state index in [1.165, 1.54) is 87.3 Å². The average molecular weight is 519 g/mol. The molecule has 208 valence electrons. The fraction of sp³-hybridized carbons (Fsp3) is 0.611. The van der Waals surface area contributed by atoms with Gasteiger partial charge in [0.2, 0.25) is 0 Å². The lowest BCUT2D eigenvalue weighted by Crippen LogP contribution is -2.16. The zero-order chi connectivity index (χ0) is 26.6. The van der Waals surface area contributed by atoms with Gasteiger partial charge in [0.05, 0.1) is 6.61 Å². The summed E-state index contributed by atoms with van der Waals surface area (Å²) in [6, 6.07) is 15.1. The molecular formula is C36H51FO. The van der Waals surface area contributed by atoms with Crippen LogP contribution in [0.2, 0.25) is 0 Å². The lowest BCUT2D eigenvalue weighted by molar-refractivity contribution is 0.121. The van der Waals surface area contributed by atoms with Gasteiger partial charge in [-0.25, -0.2) is 4.39 Å². The van der Waals surface area contributed by atoms with Crippen LogP contribution in [-0.4, -0.2) is 6.61 Å². The van der Waals surface area contributed by atoms with Gasteiger partial charge in [0.15, 0.2) is 0 Å². The maximum absolute atomic E-state index is 14.9. The largest absolute Gasteiger partial charge is 0.377 e. The molecule has 0 amide bonds. The quantitative estimate of drug-likeness (QED) is 0.179. The zero-order valence-electron chi connectivity index (χ0n) is 23.9. The van der Waals surface area contributed by atoms with Gasteiger partial charge in [-0.2, -0.15) is 0 Å². The monoisotopic (exact) mass is 518 g/mol. The summed E-state index contributed by atoms with van der Waals surface area (Å²) in [5.74, 6) is 3.16. The number of ether oxygens (including phenoxy) is 1. The molecule has 4 rings (SSSR count). The van der Waals surface area contributed by atoms with Crippen LogP contribution in [0.25, 0.3) is 0 Å². The third-order valence-corrected chi connectivity index (χ3v) is 9.45. The van der Waals surface area contributed by atoms with Gasteiger partial charge in [0.25, 0.3) is 0 Å². The molecule has 2 saturated carbocycles. The first kappa shape index (κ1) is 29.1. The van der Waals surface area contributed by atoms with Crippen LogP contribution in [0.4, 0.5) is 4.39 Å². The maximum Gasteiger partial charge on any atom is 0.126 e. The standard InChI is InChI=1S/C36H51FO/c1-3-25-38-27-34-19-16-31(17-20-34)10-9-30-11-13-32(14-12-30)21-23-35-24-22-33(26-36(35)37)18-15-29-7-5-28(4-2)6-8-29/h4,16-17,19-20,22,24,26,28-30,32H,2-3,5-15,18,21,23,25,27H2,1H3. The topological polar surface area (TPSA) is 9.23 Å². The maximum atomic E-state index is 14.9. The lowest BCUT2D eigenvalue weighted by Gasteiger charge is -2.28. The molecule has 2 aromatic rings. The Balaban J connectivity index is 1.11. The molecule has 0 spiro atoms. The average Bonchev–Trinajstić information content (AvgIpc) is 2.96. The third kappa shape index (κ3) is 9.37. The molecule has 0 heterocycles. The molecule has 1 nitrogen and oxygen atoms in total. The summed E-state index contributed by atoms with van der Waals surface area (Å²) in [6.45, 7) is 7.66. The van der Waals surface area contributed by atoms with E-state index in [1.807, 2.05) is 6.07 Å². The molecule has 0 bridgehead atoms. The van der Waals surface area contributed by atoms with E-state index in [9.17, 15) is 4.39 Å². The second-order valence-electron chi connectivity index (χ2n) is 12.3. The van der Waals surface area contributed by atoms with Crippen molar-refractivity contribution in [3.8, 4) is 0 Å². The van der Waals surface area contributed by atoms with Crippen molar-refractivity contribution in [3.05, 3.63) is 83.2 Å². The predicted octanol–water partition coefficient (Wildman–Crippen LogP) is 10.0. The van der Waals surface area contributed by atoms with E-state index in [4.69, 9.17) is 4.74 Å². The van der Waals surface area contributed by atoms with Gasteiger partial charge in [-0.15, -0.1) is 6.58 Å². The molecule has 0 atom stereocenters. The van der Waals surface area contributed by atoms with E-state index in [0.29, 0.717) is 0 Å². The van der Waals surface area contributed by atoms with E-state index in [-0.39, 0.29) is 5.82 Å². The highest BCUT2D eigenvalue weighted by atomic mass is 19.1.